The molecule has 2 aromatic rings. The first-order valence-corrected chi connectivity index (χ1v) is 14.7. The molecule has 1 heterocycles. The summed E-state index contributed by atoms with van der Waals surface area (Å²) in [5, 5.41) is 16.2. The molecule has 39 heavy (non-hydrogen) atoms. The second kappa shape index (κ2) is 12.7. The molecule has 0 spiro atoms. The van der Waals surface area contributed by atoms with Gasteiger partial charge in [-0.2, -0.15) is 5.26 Å². The molecule has 1 saturated carbocycles. The summed E-state index contributed by atoms with van der Waals surface area (Å²) in [6, 6.07) is 15.2. The average Bonchev–Trinajstić information content (AvgIpc) is 2.93. The van der Waals surface area contributed by atoms with Gasteiger partial charge in [0.05, 0.1) is 10.6 Å². The fourth-order valence-corrected chi connectivity index (χ4v) is 6.80. The van der Waals surface area contributed by atoms with Crippen molar-refractivity contribution >= 4 is 17.5 Å². The first-order chi connectivity index (χ1) is 18.6. The van der Waals surface area contributed by atoms with Gasteiger partial charge < -0.3 is 20.3 Å². The van der Waals surface area contributed by atoms with Gasteiger partial charge in [-0.05, 0) is 55.6 Å². The van der Waals surface area contributed by atoms with Gasteiger partial charge in [0, 0.05) is 54.7 Å². The molecule has 0 aromatic heterocycles. The lowest BCUT2D eigenvalue weighted by atomic mass is 9.49. The number of carbonyl (C=O) groups excluding carboxylic acids is 1. The van der Waals surface area contributed by atoms with Crippen molar-refractivity contribution in [1.82, 2.24) is 15.5 Å². The van der Waals surface area contributed by atoms with E-state index < -0.39 is 0 Å². The summed E-state index contributed by atoms with van der Waals surface area (Å²) in [6.07, 6.45) is 5.91. The Morgan fingerprint density at radius 2 is 1.72 bits per heavy atom. The van der Waals surface area contributed by atoms with Crippen LogP contribution in [0.5, 0.6) is 5.75 Å². The van der Waals surface area contributed by atoms with Crippen molar-refractivity contribution in [3.05, 3.63) is 64.2 Å². The zero-order chi connectivity index (χ0) is 28.0. The van der Waals surface area contributed by atoms with Crippen LogP contribution in [0.4, 0.5) is 0 Å². The van der Waals surface area contributed by atoms with Gasteiger partial charge in [0.1, 0.15) is 17.9 Å². The van der Waals surface area contributed by atoms with E-state index in [9.17, 15) is 4.79 Å². The second-order valence-corrected chi connectivity index (χ2v) is 12.7. The van der Waals surface area contributed by atoms with Crippen molar-refractivity contribution < 1.29 is 9.53 Å². The van der Waals surface area contributed by atoms with Crippen LogP contribution in [0.2, 0.25) is 5.02 Å². The largest absolute Gasteiger partial charge is 0.489 e. The predicted molar refractivity (Wildman–Crippen MR) is 157 cm³/mol. The van der Waals surface area contributed by atoms with Gasteiger partial charge in [-0.1, -0.05) is 64.3 Å². The van der Waals surface area contributed by atoms with Gasteiger partial charge in [0.15, 0.2) is 0 Å². The van der Waals surface area contributed by atoms with Crippen LogP contribution >= 0.6 is 11.6 Å². The third-order valence-electron chi connectivity index (χ3n) is 8.55. The molecular weight excluding hydrogens is 508 g/mol. The number of halogens is 1. The number of hydrogen-bond acceptors (Lipinski definition) is 5. The first-order valence-electron chi connectivity index (χ1n) is 14.3. The highest BCUT2D eigenvalue weighted by molar-refractivity contribution is 6.31. The van der Waals surface area contributed by atoms with E-state index >= 15 is 0 Å². The summed E-state index contributed by atoms with van der Waals surface area (Å²) in [5.41, 5.74) is 1.82. The molecule has 0 unspecified atom stereocenters. The van der Waals surface area contributed by atoms with Crippen molar-refractivity contribution in [2.24, 2.45) is 10.8 Å². The van der Waals surface area contributed by atoms with Gasteiger partial charge in [-0.25, -0.2) is 0 Å². The van der Waals surface area contributed by atoms with E-state index in [1.165, 1.54) is 50.9 Å². The van der Waals surface area contributed by atoms with Gasteiger partial charge in [-0.3, -0.25) is 4.79 Å². The molecule has 1 aliphatic heterocycles. The molecule has 2 aliphatic rings. The number of aryl methyl sites for hydroxylation is 1. The Hall–Kier alpha value is -2.59. The monoisotopic (exact) mass is 550 g/mol. The molecular formula is C32H43ClN4O2. The van der Waals surface area contributed by atoms with Crippen molar-refractivity contribution in [1.29, 1.82) is 5.26 Å². The third kappa shape index (κ3) is 6.95. The maximum atomic E-state index is 13.2. The molecule has 2 N–H and O–H groups in total. The van der Waals surface area contributed by atoms with E-state index in [2.05, 4.69) is 61.4 Å². The molecule has 6 nitrogen and oxygen atoms in total. The van der Waals surface area contributed by atoms with E-state index in [0.717, 1.165) is 19.5 Å². The number of nitriles is 1. The Morgan fingerprint density at radius 3 is 2.36 bits per heavy atom. The lowest BCUT2D eigenvalue weighted by Crippen LogP contribution is -2.74. The van der Waals surface area contributed by atoms with Crippen LogP contribution in [0.15, 0.2) is 42.5 Å². The third-order valence-corrected chi connectivity index (χ3v) is 8.86. The molecule has 210 valence electrons. The molecule has 2 aromatic carbocycles. The fourth-order valence-electron chi connectivity index (χ4n) is 6.59. The summed E-state index contributed by atoms with van der Waals surface area (Å²) in [6.45, 7) is 14.3. The first kappa shape index (κ1) is 29.4. The predicted octanol–water partition coefficient (Wildman–Crippen LogP) is 5.83. The van der Waals surface area contributed by atoms with Crippen molar-refractivity contribution in [2.75, 3.05) is 32.7 Å². The van der Waals surface area contributed by atoms with E-state index in [1.807, 2.05) is 12.1 Å². The quantitative estimate of drug-likeness (QED) is 0.344. The summed E-state index contributed by atoms with van der Waals surface area (Å²) >= 11 is 6.20. The van der Waals surface area contributed by atoms with E-state index in [1.54, 1.807) is 18.2 Å². The zero-order valence-electron chi connectivity index (χ0n) is 23.9. The number of carbonyl (C=O) groups is 1. The summed E-state index contributed by atoms with van der Waals surface area (Å²) in [4.78, 5) is 15.7. The maximum absolute atomic E-state index is 13.2. The minimum absolute atomic E-state index is 0.0551. The van der Waals surface area contributed by atoms with Crippen LogP contribution in [0.1, 0.15) is 74.9 Å². The van der Waals surface area contributed by atoms with Gasteiger partial charge in [0.2, 0.25) is 0 Å². The molecule has 0 atom stereocenters. The van der Waals surface area contributed by atoms with Crippen LogP contribution in [0, 0.1) is 22.2 Å². The van der Waals surface area contributed by atoms with Crippen LogP contribution in [-0.4, -0.2) is 55.7 Å². The molecule has 1 saturated heterocycles. The number of unbranched alkanes of at least 4 members (excludes halogenated alkanes) is 3. The minimum Gasteiger partial charge on any atom is -0.489 e. The average molecular weight is 551 g/mol. The van der Waals surface area contributed by atoms with E-state index in [4.69, 9.17) is 21.6 Å². The Labute approximate surface area is 239 Å². The number of benzene rings is 2. The number of piperazine rings is 1. The van der Waals surface area contributed by atoms with E-state index in [-0.39, 0.29) is 28.9 Å². The summed E-state index contributed by atoms with van der Waals surface area (Å²) in [5.74, 6) is 0.575. The molecule has 0 bridgehead atoms. The highest BCUT2D eigenvalue weighted by Crippen LogP contribution is 2.55. The molecule has 1 aliphatic carbocycles. The second-order valence-electron chi connectivity index (χ2n) is 12.3. The number of ether oxygens (including phenoxy) is 1. The molecule has 1 amide bonds. The van der Waals surface area contributed by atoms with Crippen LogP contribution in [0.25, 0.3) is 0 Å². The molecule has 0 radical (unpaired) electrons. The number of hydrogen-bond donors (Lipinski definition) is 2. The summed E-state index contributed by atoms with van der Waals surface area (Å²) < 4.78 is 6.34. The fraction of sp³-hybridized carbons (Fsp3) is 0.562. The normalized spacial score (nSPS) is 21.9. The van der Waals surface area contributed by atoms with Crippen LogP contribution in [0.3, 0.4) is 0 Å². The van der Waals surface area contributed by atoms with Crippen LogP contribution in [-0.2, 0) is 6.42 Å². The Bertz CT molecular complexity index is 1150. The number of nitrogens with zero attached hydrogens (tertiary/aromatic N) is 2. The SMILES string of the molecule is CC1(C)[C@H](NC(=O)c2ccc(CCCCCCN3CCNCC3)cc2)C(C)(C)[C@H]1Oc1ccc(C#N)c(Cl)c1. The smallest absolute Gasteiger partial charge is 0.251 e. The van der Waals surface area contributed by atoms with Crippen molar-refractivity contribution in [2.45, 2.75) is 71.9 Å². The Kier molecular flexibility index (Phi) is 9.59. The highest BCUT2D eigenvalue weighted by atomic mass is 35.5. The number of amides is 1. The summed E-state index contributed by atoms with van der Waals surface area (Å²) in [7, 11) is 0. The lowest BCUT2D eigenvalue weighted by Gasteiger charge is -2.63. The molecule has 2 fully saturated rings. The molecule has 4 rings (SSSR count). The minimum atomic E-state index is -0.287. The lowest BCUT2D eigenvalue weighted by molar-refractivity contribution is -0.164. The van der Waals surface area contributed by atoms with Crippen LogP contribution < -0.4 is 15.4 Å². The van der Waals surface area contributed by atoms with Gasteiger partial charge in [-0.15, -0.1) is 0 Å². The number of nitrogens with one attached hydrogen (secondary N) is 2. The topological polar surface area (TPSA) is 77.4 Å². The Balaban J connectivity index is 1.24. The van der Waals surface area contributed by atoms with E-state index in [0.29, 0.717) is 21.9 Å². The Morgan fingerprint density at radius 1 is 1.05 bits per heavy atom. The standard InChI is InChI=1S/C32H43ClN4O2/c1-31(2)29(32(3,4)30(31)39-26-15-14-25(22-34)27(33)21-26)36-28(38)24-12-10-23(11-13-24)9-7-5-6-8-18-37-19-16-35-17-20-37/h10-15,21,29-30,35H,5-9,16-20H2,1-4H3,(H,36,38)/t29-,30-. The van der Waals surface area contributed by atoms with Crippen molar-refractivity contribution in [3.63, 3.8) is 0 Å². The zero-order valence-corrected chi connectivity index (χ0v) is 24.6. The van der Waals surface area contributed by atoms with Crippen molar-refractivity contribution in [3.8, 4) is 11.8 Å². The highest BCUT2D eigenvalue weighted by Gasteiger charge is 2.64. The molecule has 7 heteroatoms. The number of rotatable bonds is 11. The van der Waals surface area contributed by atoms with Gasteiger partial charge >= 0.3 is 0 Å². The van der Waals surface area contributed by atoms with Gasteiger partial charge in [0.25, 0.3) is 5.91 Å². The maximum Gasteiger partial charge on any atom is 0.251 e.